The molecule has 1 fully saturated rings. The van der Waals surface area contributed by atoms with Gasteiger partial charge in [-0.15, -0.1) is 0 Å². The maximum Gasteiger partial charge on any atom is 0.332 e. The molecule has 1 aromatic rings. The molecule has 1 aliphatic carbocycles. The van der Waals surface area contributed by atoms with Crippen LogP contribution in [0.4, 0.5) is 17.5 Å². The number of aliphatic hydroxyl groups excluding tert-OH is 1. The Hall–Kier alpha value is -1.96. The lowest BCUT2D eigenvalue weighted by molar-refractivity contribution is -0.385. The minimum absolute atomic E-state index is 0.0923. The van der Waals surface area contributed by atoms with Gasteiger partial charge in [-0.1, -0.05) is 6.42 Å². The van der Waals surface area contributed by atoms with Crippen molar-refractivity contribution in [2.24, 2.45) is 5.92 Å². The first-order valence-corrected chi connectivity index (χ1v) is 7.14. The summed E-state index contributed by atoms with van der Waals surface area (Å²) in [6, 6.07) is 0. The van der Waals surface area contributed by atoms with Crippen LogP contribution in [0.5, 0.6) is 0 Å². The molecule has 0 amide bonds. The predicted molar refractivity (Wildman–Crippen MR) is 79.4 cm³/mol. The number of aliphatic hydroxyl groups is 1. The minimum atomic E-state index is -0.465. The largest absolute Gasteiger partial charge is 0.393 e. The Morgan fingerprint density at radius 2 is 2.19 bits per heavy atom. The number of anilines is 2. The number of aromatic nitrogens is 2. The summed E-state index contributed by atoms with van der Waals surface area (Å²) in [7, 11) is 1.67. The van der Waals surface area contributed by atoms with Gasteiger partial charge in [0.15, 0.2) is 0 Å². The van der Waals surface area contributed by atoms with E-state index in [0.717, 1.165) is 25.7 Å². The molecule has 3 N–H and O–H groups in total. The fourth-order valence-corrected chi connectivity index (χ4v) is 2.71. The first kappa shape index (κ1) is 15.4. The van der Waals surface area contributed by atoms with Crippen LogP contribution in [0.1, 0.15) is 31.4 Å². The van der Waals surface area contributed by atoms with Crippen molar-refractivity contribution in [3.05, 3.63) is 15.8 Å². The first-order chi connectivity index (χ1) is 10.0. The van der Waals surface area contributed by atoms with E-state index in [-0.39, 0.29) is 17.6 Å². The topological polar surface area (TPSA) is 113 Å². The van der Waals surface area contributed by atoms with Gasteiger partial charge >= 0.3 is 5.69 Å². The lowest BCUT2D eigenvalue weighted by Gasteiger charge is -2.26. The molecule has 1 saturated carbocycles. The lowest BCUT2D eigenvalue weighted by atomic mass is 9.87. The van der Waals surface area contributed by atoms with E-state index in [1.165, 1.54) is 0 Å². The molecule has 0 aromatic carbocycles. The summed E-state index contributed by atoms with van der Waals surface area (Å²) in [5.74, 6) is 0.892. The Labute approximate surface area is 123 Å². The van der Waals surface area contributed by atoms with Crippen LogP contribution in [0.3, 0.4) is 0 Å². The molecular weight excluding hydrogens is 274 g/mol. The average Bonchev–Trinajstić information content (AvgIpc) is 2.44. The second-order valence-corrected chi connectivity index (χ2v) is 5.40. The molecule has 116 valence electrons. The zero-order chi connectivity index (χ0) is 15.4. The molecule has 0 spiro atoms. The third-order valence-corrected chi connectivity index (χ3v) is 3.78. The Morgan fingerprint density at radius 3 is 2.81 bits per heavy atom. The van der Waals surface area contributed by atoms with Crippen molar-refractivity contribution in [2.45, 2.75) is 38.7 Å². The smallest absolute Gasteiger partial charge is 0.332 e. The van der Waals surface area contributed by atoms with Gasteiger partial charge in [0.25, 0.3) is 0 Å². The number of aryl methyl sites for hydroxylation is 1. The van der Waals surface area contributed by atoms with E-state index >= 15 is 0 Å². The molecule has 2 rings (SSSR count). The molecule has 2 unspecified atom stereocenters. The van der Waals surface area contributed by atoms with Gasteiger partial charge in [-0.05, 0) is 32.1 Å². The molecule has 0 aliphatic heterocycles. The molecule has 21 heavy (non-hydrogen) atoms. The van der Waals surface area contributed by atoms with Gasteiger partial charge in [-0.2, -0.15) is 4.98 Å². The third kappa shape index (κ3) is 3.78. The van der Waals surface area contributed by atoms with Gasteiger partial charge in [-0.25, -0.2) is 4.98 Å². The van der Waals surface area contributed by atoms with Crippen molar-refractivity contribution in [1.82, 2.24) is 9.97 Å². The van der Waals surface area contributed by atoms with E-state index in [9.17, 15) is 15.2 Å². The summed E-state index contributed by atoms with van der Waals surface area (Å²) in [5, 5.41) is 26.7. The molecule has 8 nitrogen and oxygen atoms in total. The van der Waals surface area contributed by atoms with Crippen LogP contribution in [0.15, 0.2) is 0 Å². The summed E-state index contributed by atoms with van der Waals surface area (Å²) in [4.78, 5) is 18.9. The summed E-state index contributed by atoms with van der Waals surface area (Å²) < 4.78 is 0. The zero-order valence-electron chi connectivity index (χ0n) is 12.3. The summed E-state index contributed by atoms with van der Waals surface area (Å²) in [6.07, 6.45) is 3.30. The standard InChI is InChI=1S/C13H21N5O3/c1-8-11(18(20)21)12(17-13(14-2)16-8)15-7-9-4-3-5-10(19)6-9/h9-10,19H,3-7H2,1-2H3,(H2,14,15,16,17). The Kier molecular flexibility index (Phi) is 4.89. The highest BCUT2D eigenvalue weighted by atomic mass is 16.6. The summed E-state index contributed by atoms with van der Waals surface area (Å²) in [6.45, 7) is 2.16. The van der Waals surface area contributed by atoms with Crippen molar-refractivity contribution < 1.29 is 10.0 Å². The minimum Gasteiger partial charge on any atom is -0.393 e. The third-order valence-electron chi connectivity index (χ3n) is 3.78. The Bertz CT molecular complexity index is 523. The molecule has 1 aliphatic rings. The fourth-order valence-electron chi connectivity index (χ4n) is 2.71. The zero-order valence-corrected chi connectivity index (χ0v) is 12.3. The van der Waals surface area contributed by atoms with Crippen molar-refractivity contribution in [3.63, 3.8) is 0 Å². The van der Waals surface area contributed by atoms with E-state index < -0.39 is 4.92 Å². The predicted octanol–water partition coefficient (Wildman–Crippen LogP) is 1.70. The number of nitro groups is 1. The van der Waals surface area contributed by atoms with Gasteiger partial charge in [0, 0.05) is 13.6 Å². The maximum atomic E-state index is 11.2. The van der Waals surface area contributed by atoms with Crippen LogP contribution in [-0.4, -0.2) is 39.7 Å². The summed E-state index contributed by atoms with van der Waals surface area (Å²) in [5.41, 5.74) is 0.232. The normalized spacial score (nSPS) is 21.9. The van der Waals surface area contributed by atoms with Gasteiger partial charge in [0.1, 0.15) is 5.69 Å². The Balaban J connectivity index is 2.14. The van der Waals surface area contributed by atoms with E-state index in [0.29, 0.717) is 24.1 Å². The second kappa shape index (κ2) is 6.66. The SMILES string of the molecule is CNc1nc(C)c([N+](=O)[O-])c(NCC2CCCC(O)C2)n1. The number of nitrogens with zero attached hydrogens (tertiary/aromatic N) is 3. The number of hydrogen-bond donors (Lipinski definition) is 3. The van der Waals surface area contributed by atoms with E-state index in [1.54, 1.807) is 14.0 Å². The van der Waals surface area contributed by atoms with Crippen molar-refractivity contribution in [2.75, 3.05) is 24.2 Å². The monoisotopic (exact) mass is 295 g/mol. The summed E-state index contributed by atoms with van der Waals surface area (Å²) >= 11 is 0. The highest BCUT2D eigenvalue weighted by Crippen LogP contribution is 2.29. The average molecular weight is 295 g/mol. The maximum absolute atomic E-state index is 11.2. The quantitative estimate of drug-likeness (QED) is 0.559. The number of nitrogens with one attached hydrogen (secondary N) is 2. The highest BCUT2D eigenvalue weighted by molar-refractivity contribution is 5.60. The molecule has 0 saturated heterocycles. The van der Waals surface area contributed by atoms with Crippen LogP contribution in [0.25, 0.3) is 0 Å². The molecule has 8 heteroatoms. The van der Waals surface area contributed by atoms with E-state index in [4.69, 9.17) is 0 Å². The highest BCUT2D eigenvalue weighted by Gasteiger charge is 2.24. The molecule has 2 atom stereocenters. The van der Waals surface area contributed by atoms with E-state index in [1.807, 2.05) is 0 Å². The second-order valence-electron chi connectivity index (χ2n) is 5.40. The van der Waals surface area contributed by atoms with Crippen molar-refractivity contribution >= 4 is 17.5 Å². The number of rotatable bonds is 5. The Morgan fingerprint density at radius 1 is 1.43 bits per heavy atom. The van der Waals surface area contributed by atoms with Gasteiger partial charge in [0.2, 0.25) is 11.8 Å². The van der Waals surface area contributed by atoms with Gasteiger partial charge in [-0.3, -0.25) is 10.1 Å². The fraction of sp³-hybridized carbons (Fsp3) is 0.692. The first-order valence-electron chi connectivity index (χ1n) is 7.14. The van der Waals surface area contributed by atoms with Crippen LogP contribution in [0, 0.1) is 23.0 Å². The van der Waals surface area contributed by atoms with Gasteiger partial charge in [0.05, 0.1) is 11.0 Å². The molecule has 0 bridgehead atoms. The van der Waals surface area contributed by atoms with Gasteiger partial charge < -0.3 is 15.7 Å². The lowest BCUT2D eigenvalue weighted by Crippen LogP contribution is -2.25. The number of hydrogen-bond acceptors (Lipinski definition) is 7. The van der Waals surface area contributed by atoms with Crippen molar-refractivity contribution in [1.29, 1.82) is 0 Å². The van der Waals surface area contributed by atoms with Crippen molar-refractivity contribution in [3.8, 4) is 0 Å². The molecule has 1 aromatic heterocycles. The van der Waals surface area contributed by atoms with Crippen LogP contribution >= 0.6 is 0 Å². The molecular formula is C13H21N5O3. The van der Waals surface area contributed by atoms with Crippen LogP contribution in [0.2, 0.25) is 0 Å². The van der Waals surface area contributed by atoms with Crippen LogP contribution in [-0.2, 0) is 0 Å². The molecule has 0 radical (unpaired) electrons. The van der Waals surface area contributed by atoms with Crippen LogP contribution < -0.4 is 10.6 Å². The van der Waals surface area contributed by atoms with E-state index in [2.05, 4.69) is 20.6 Å². The molecule has 1 heterocycles.